The van der Waals surface area contributed by atoms with Gasteiger partial charge in [-0.05, 0) is 54.7 Å². The summed E-state index contributed by atoms with van der Waals surface area (Å²) in [6, 6.07) is 15.0. The predicted molar refractivity (Wildman–Crippen MR) is 111 cm³/mol. The van der Waals surface area contributed by atoms with E-state index in [0.717, 1.165) is 49.2 Å². The lowest BCUT2D eigenvalue weighted by Gasteiger charge is -2.15. The molecule has 6 heteroatoms. The molecule has 0 radical (unpaired) electrons. The number of aryl methyl sites for hydroxylation is 1. The molecule has 27 heavy (non-hydrogen) atoms. The number of anilines is 2. The number of carbonyl (C=O) groups excluding carboxylic acids is 2. The molecule has 1 aliphatic rings. The van der Waals surface area contributed by atoms with Crippen molar-refractivity contribution in [3.05, 3.63) is 59.7 Å². The fourth-order valence-corrected chi connectivity index (χ4v) is 3.16. The van der Waals surface area contributed by atoms with Crippen molar-refractivity contribution >= 4 is 35.6 Å². The average molecular weight is 388 g/mol. The van der Waals surface area contributed by atoms with E-state index in [1.165, 1.54) is 0 Å². The fourth-order valence-electron chi connectivity index (χ4n) is 3.16. The number of nitrogens with zero attached hydrogens (tertiary/aromatic N) is 1. The lowest BCUT2D eigenvalue weighted by molar-refractivity contribution is -0.130. The molecule has 3 rings (SSSR count). The molecule has 0 aliphatic carbocycles. The third-order valence-corrected chi connectivity index (χ3v) is 4.67. The average Bonchev–Trinajstić information content (AvgIpc) is 3.17. The van der Waals surface area contributed by atoms with Gasteiger partial charge in [-0.1, -0.05) is 24.3 Å². The fraction of sp³-hybridized carbons (Fsp3) is 0.333. The highest BCUT2D eigenvalue weighted by atomic mass is 35.5. The number of rotatable bonds is 6. The zero-order chi connectivity index (χ0) is 18.4. The number of halogens is 1. The number of nitrogens with two attached hydrogens (primary N) is 1. The first-order valence-corrected chi connectivity index (χ1v) is 9.11. The van der Waals surface area contributed by atoms with Crippen LogP contribution in [0.25, 0.3) is 0 Å². The predicted octanol–water partition coefficient (Wildman–Crippen LogP) is 3.43. The summed E-state index contributed by atoms with van der Waals surface area (Å²) in [4.78, 5) is 26.2. The maximum atomic E-state index is 12.1. The van der Waals surface area contributed by atoms with Crippen molar-refractivity contribution in [1.82, 2.24) is 4.90 Å². The summed E-state index contributed by atoms with van der Waals surface area (Å²) in [5.74, 6) is 0.176. The van der Waals surface area contributed by atoms with Crippen LogP contribution in [0.3, 0.4) is 0 Å². The molecule has 144 valence electrons. The molecule has 2 aromatic carbocycles. The number of benzene rings is 2. The summed E-state index contributed by atoms with van der Waals surface area (Å²) >= 11 is 0. The number of amides is 2. The molecule has 0 spiro atoms. The Morgan fingerprint density at radius 3 is 2.15 bits per heavy atom. The molecule has 1 aliphatic heterocycles. The van der Waals surface area contributed by atoms with Gasteiger partial charge in [0.15, 0.2) is 0 Å². The molecule has 0 aromatic heterocycles. The number of hydrogen-bond donors (Lipinski definition) is 2. The summed E-state index contributed by atoms with van der Waals surface area (Å²) in [5.41, 5.74) is 9.13. The molecule has 1 saturated heterocycles. The van der Waals surface area contributed by atoms with E-state index in [4.69, 9.17) is 5.73 Å². The minimum atomic E-state index is -0.0632. The molecule has 0 unspecified atom stereocenters. The molecule has 1 fully saturated rings. The van der Waals surface area contributed by atoms with Crippen LogP contribution in [0.2, 0.25) is 0 Å². The van der Waals surface area contributed by atoms with E-state index < -0.39 is 0 Å². The molecule has 2 amide bonds. The largest absolute Gasteiger partial charge is 0.399 e. The first-order valence-electron chi connectivity index (χ1n) is 9.11. The second kappa shape index (κ2) is 9.97. The molecule has 0 saturated carbocycles. The normalized spacial score (nSPS) is 13.1. The number of nitrogen functional groups attached to an aromatic ring is 1. The second-order valence-corrected chi connectivity index (χ2v) is 6.75. The van der Waals surface area contributed by atoms with Crippen LogP contribution >= 0.6 is 12.4 Å². The molecule has 3 N–H and O–H groups in total. The van der Waals surface area contributed by atoms with Crippen molar-refractivity contribution in [1.29, 1.82) is 0 Å². The number of likely N-dealkylation sites (tertiary alicyclic amines) is 1. The third kappa shape index (κ3) is 6.29. The van der Waals surface area contributed by atoms with Crippen molar-refractivity contribution in [2.45, 2.75) is 32.1 Å². The SMILES string of the molecule is Cl.Nc1ccc(CC(=O)Nc2ccc(CCC(=O)N3CCCC3)cc2)cc1. The number of carbonyl (C=O) groups is 2. The molecule has 0 bridgehead atoms. The van der Waals surface area contributed by atoms with E-state index >= 15 is 0 Å². The Morgan fingerprint density at radius 1 is 0.926 bits per heavy atom. The van der Waals surface area contributed by atoms with Crippen LogP contribution in [0.5, 0.6) is 0 Å². The Balaban J connectivity index is 0.00000261. The molecule has 5 nitrogen and oxygen atoms in total. The Labute approximate surface area is 166 Å². The van der Waals surface area contributed by atoms with Crippen molar-refractivity contribution < 1.29 is 9.59 Å². The summed E-state index contributed by atoms with van der Waals surface area (Å²) in [5, 5.41) is 2.90. The monoisotopic (exact) mass is 387 g/mol. The van der Waals surface area contributed by atoms with E-state index in [2.05, 4.69) is 5.32 Å². The van der Waals surface area contributed by atoms with Crippen LogP contribution in [-0.2, 0) is 22.4 Å². The van der Waals surface area contributed by atoms with Gasteiger partial charge in [0.2, 0.25) is 11.8 Å². The molecule has 1 heterocycles. The van der Waals surface area contributed by atoms with Gasteiger partial charge in [0.25, 0.3) is 0 Å². The Bertz CT molecular complexity index is 754. The van der Waals surface area contributed by atoms with Gasteiger partial charge in [-0.2, -0.15) is 0 Å². The Hall–Kier alpha value is -2.53. The lowest BCUT2D eigenvalue weighted by Crippen LogP contribution is -2.27. The summed E-state index contributed by atoms with van der Waals surface area (Å²) in [6.07, 6.45) is 3.83. The van der Waals surface area contributed by atoms with Gasteiger partial charge in [0.1, 0.15) is 0 Å². The molecular weight excluding hydrogens is 362 g/mol. The Kier molecular flexibility index (Phi) is 7.67. The van der Waals surface area contributed by atoms with E-state index in [-0.39, 0.29) is 24.2 Å². The van der Waals surface area contributed by atoms with Crippen LogP contribution in [0.1, 0.15) is 30.4 Å². The molecular formula is C21H26ClN3O2. The van der Waals surface area contributed by atoms with Crippen molar-refractivity contribution in [2.24, 2.45) is 0 Å². The van der Waals surface area contributed by atoms with Crippen LogP contribution < -0.4 is 11.1 Å². The Morgan fingerprint density at radius 2 is 1.52 bits per heavy atom. The first-order chi connectivity index (χ1) is 12.6. The summed E-state index contributed by atoms with van der Waals surface area (Å²) in [6.45, 7) is 1.80. The van der Waals surface area contributed by atoms with E-state index in [1.54, 1.807) is 12.1 Å². The highest BCUT2D eigenvalue weighted by molar-refractivity contribution is 5.92. The smallest absolute Gasteiger partial charge is 0.228 e. The number of hydrogen-bond acceptors (Lipinski definition) is 3. The van der Waals surface area contributed by atoms with Crippen molar-refractivity contribution in [3.63, 3.8) is 0 Å². The third-order valence-electron chi connectivity index (χ3n) is 4.67. The van der Waals surface area contributed by atoms with Crippen LogP contribution in [-0.4, -0.2) is 29.8 Å². The van der Waals surface area contributed by atoms with Crippen LogP contribution in [0.15, 0.2) is 48.5 Å². The van der Waals surface area contributed by atoms with Crippen LogP contribution in [0.4, 0.5) is 11.4 Å². The summed E-state index contributed by atoms with van der Waals surface area (Å²) in [7, 11) is 0. The summed E-state index contributed by atoms with van der Waals surface area (Å²) < 4.78 is 0. The maximum absolute atomic E-state index is 12.1. The molecule has 2 aromatic rings. The van der Waals surface area contributed by atoms with Crippen molar-refractivity contribution in [2.75, 3.05) is 24.1 Å². The highest BCUT2D eigenvalue weighted by Crippen LogP contribution is 2.14. The lowest BCUT2D eigenvalue weighted by atomic mass is 10.1. The van der Waals surface area contributed by atoms with Crippen LogP contribution in [0, 0.1) is 0 Å². The van der Waals surface area contributed by atoms with Gasteiger partial charge >= 0.3 is 0 Å². The standard InChI is InChI=1S/C21H25N3O2.ClH/c22-18-8-3-17(4-9-18)15-20(25)23-19-10-5-16(6-11-19)7-12-21(26)24-13-1-2-14-24;/h3-6,8-11H,1-2,7,12-15,22H2,(H,23,25);1H. The van der Waals surface area contributed by atoms with E-state index in [0.29, 0.717) is 18.5 Å². The first kappa shape index (κ1) is 20.8. The zero-order valence-electron chi connectivity index (χ0n) is 15.3. The van der Waals surface area contributed by atoms with Gasteiger partial charge in [0, 0.05) is 30.9 Å². The minimum absolute atomic E-state index is 0. The van der Waals surface area contributed by atoms with Gasteiger partial charge < -0.3 is 16.0 Å². The molecule has 0 atom stereocenters. The van der Waals surface area contributed by atoms with E-state index in [1.807, 2.05) is 41.3 Å². The quantitative estimate of drug-likeness (QED) is 0.745. The second-order valence-electron chi connectivity index (χ2n) is 6.75. The zero-order valence-corrected chi connectivity index (χ0v) is 16.1. The maximum Gasteiger partial charge on any atom is 0.228 e. The highest BCUT2D eigenvalue weighted by Gasteiger charge is 2.17. The van der Waals surface area contributed by atoms with E-state index in [9.17, 15) is 9.59 Å². The minimum Gasteiger partial charge on any atom is -0.399 e. The van der Waals surface area contributed by atoms with Gasteiger partial charge in [0.05, 0.1) is 6.42 Å². The van der Waals surface area contributed by atoms with Gasteiger partial charge in [-0.3, -0.25) is 9.59 Å². The van der Waals surface area contributed by atoms with Crippen molar-refractivity contribution in [3.8, 4) is 0 Å². The van der Waals surface area contributed by atoms with Gasteiger partial charge in [-0.25, -0.2) is 0 Å². The number of nitrogens with one attached hydrogen (secondary N) is 1. The van der Waals surface area contributed by atoms with Gasteiger partial charge in [-0.15, -0.1) is 12.4 Å². The topological polar surface area (TPSA) is 75.4 Å².